The molecular formula is C15H25NO3. The predicted molar refractivity (Wildman–Crippen MR) is 72.7 cm³/mol. The molecule has 1 amide bonds. The lowest BCUT2D eigenvalue weighted by Gasteiger charge is -2.42. The predicted octanol–water partition coefficient (Wildman–Crippen LogP) is 2.52. The van der Waals surface area contributed by atoms with Gasteiger partial charge in [0.05, 0.1) is 11.8 Å². The quantitative estimate of drug-likeness (QED) is 0.832. The van der Waals surface area contributed by atoms with Gasteiger partial charge >= 0.3 is 5.97 Å². The van der Waals surface area contributed by atoms with Gasteiger partial charge in [0.25, 0.3) is 0 Å². The van der Waals surface area contributed by atoms with Gasteiger partial charge in [-0.05, 0) is 38.0 Å². The third kappa shape index (κ3) is 2.49. The average Bonchev–Trinajstić information content (AvgIpc) is 2.66. The van der Waals surface area contributed by atoms with Crippen molar-refractivity contribution in [1.29, 1.82) is 0 Å². The van der Waals surface area contributed by atoms with E-state index in [1.54, 1.807) is 0 Å². The first-order valence-electron chi connectivity index (χ1n) is 7.20. The summed E-state index contributed by atoms with van der Waals surface area (Å²) in [6.45, 7) is 8.86. The highest BCUT2D eigenvalue weighted by Crippen LogP contribution is 2.52. The van der Waals surface area contributed by atoms with E-state index in [4.69, 9.17) is 5.11 Å². The van der Waals surface area contributed by atoms with Crippen LogP contribution < -0.4 is 0 Å². The van der Waals surface area contributed by atoms with Gasteiger partial charge in [0.1, 0.15) is 0 Å². The molecule has 1 N–H and O–H groups in total. The van der Waals surface area contributed by atoms with Gasteiger partial charge < -0.3 is 10.0 Å². The van der Waals surface area contributed by atoms with Crippen LogP contribution in [0, 0.1) is 17.3 Å². The van der Waals surface area contributed by atoms with E-state index in [0.717, 1.165) is 19.4 Å². The Balaban J connectivity index is 2.18. The van der Waals surface area contributed by atoms with Crippen molar-refractivity contribution in [2.75, 3.05) is 6.54 Å². The molecule has 1 unspecified atom stereocenters. The zero-order valence-electron chi connectivity index (χ0n) is 12.4. The van der Waals surface area contributed by atoms with Gasteiger partial charge in [-0.1, -0.05) is 20.8 Å². The number of carbonyl (C=O) groups is 2. The van der Waals surface area contributed by atoms with E-state index < -0.39 is 11.4 Å². The first-order valence-corrected chi connectivity index (χ1v) is 7.20. The van der Waals surface area contributed by atoms with Crippen LogP contribution in [0.4, 0.5) is 0 Å². The summed E-state index contributed by atoms with van der Waals surface area (Å²) in [6, 6.07) is 0. The summed E-state index contributed by atoms with van der Waals surface area (Å²) in [6.07, 6.45) is 2.74. The van der Waals surface area contributed by atoms with Crippen molar-refractivity contribution in [2.45, 2.75) is 58.9 Å². The molecule has 0 spiro atoms. The first-order chi connectivity index (χ1) is 8.66. The molecular weight excluding hydrogens is 242 g/mol. The number of hydrogen-bond donors (Lipinski definition) is 1. The molecule has 1 saturated carbocycles. The largest absolute Gasteiger partial charge is 0.481 e. The zero-order valence-corrected chi connectivity index (χ0v) is 12.4. The Labute approximate surface area is 115 Å². The van der Waals surface area contributed by atoms with E-state index in [2.05, 4.69) is 6.92 Å². The van der Waals surface area contributed by atoms with Crippen LogP contribution >= 0.6 is 0 Å². The maximum atomic E-state index is 12.8. The highest BCUT2D eigenvalue weighted by atomic mass is 16.4. The Kier molecular flexibility index (Phi) is 3.40. The summed E-state index contributed by atoms with van der Waals surface area (Å²) in [5.74, 6) is 0.125. The van der Waals surface area contributed by atoms with Crippen molar-refractivity contribution in [1.82, 2.24) is 4.90 Å². The number of carboxylic acids is 1. The third-order valence-electron chi connectivity index (χ3n) is 4.71. The van der Waals surface area contributed by atoms with Crippen LogP contribution in [0.2, 0.25) is 0 Å². The van der Waals surface area contributed by atoms with E-state index in [0.29, 0.717) is 18.3 Å². The van der Waals surface area contributed by atoms with Crippen LogP contribution in [-0.4, -0.2) is 34.0 Å². The van der Waals surface area contributed by atoms with Gasteiger partial charge in [0, 0.05) is 12.1 Å². The standard InChI is InChI=1S/C15H25NO3/c1-10(2)5-14(3,8-12(17)18)13(19)16-9-11-6-15(16,4)7-11/h10-11H,5-9H2,1-4H3,(H,17,18). The number of rotatable bonds is 5. The molecule has 2 saturated heterocycles. The summed E-state index contributed by atoms with van der Waals surface area (Å²) in [7, 11) is 0. The highest BCUT2D eigenvalue weighted by molar-refractivity contribution is 5.87. The Bertz CT molecular complexity index is 398. The Morgan fingerprint density at radius 2 is 2.00 bits per heavy atom. The molecule has 0 aromatic heterocycles. The van der Waals surface area contributed by atoms with E-state index in [1.807, 2.05) is 25.7 Å². The number of hydrogen-bond acceptors (Lipinski definition) is 2. The molecule has 0 radical (unpaired) electrons. The second-order valence-electron chi connectivity index (χ2n) is 7.42. The molecule has 2 aliphatic heterocycles. The number of carbonyl (C=O) groups excluding carboxylic acids is 1. The van der Waals surface area contributed by atoms with Crippen LogP contribution in [0.25, 0.3) is 0 Å². The molecule has 2 bridgehead atoms. The summed E-state index contributed by atoms with van der Waals surface area (Å²) in [4.78, 5) is 25.9. The van der Waals surface area contributed by atoms with E-state index in [1.165, 1.54) is 0 Å². The van der Waals surface area contributed by atoms with Gasteiger partial charge in [-0.2, -0.15) is 0 Å². The topological polar surface area (TPSA) is 57.6 Å². The molecule has 108 valence electrons. The van der Waals surface area contributed by atoms with E-state index >= 15 is 0 Å². The van der Waals surface area contributed by atoms with Crippen molar-refractivity contribution in [3.05, 3.63) is 0 Å². The molecule has 3 fully saturated rings. The maximum absolute atomic E-state index is 12.8. The highest BCUT2D eigenvalue weighted by Gasteiger charge is 2.57. The first kappa shape index (κ1) is 14.4. The minimum Gasteiger partial charge on any atom is -0.481 e. The van der Waals surface area contributed by atoms with Crippen molar-refractivity contribution >= 4 is 11.9 Å². The molecule has 1 aliphatic carbocycles. The van der Waals surface area contributed by atoms with E-state index in [9.17, 15) is 9.59 Å². The van der Waals surface area contributed by atoms with E-state index in [-0.39, 0.29) is 17.9 Å². The number of amides is 1. The van der Waals surface area contributed by atoms with Crippen molar-refractivity contribution < 1.29 is 14.7 Å². The minimum absolute atomic E-state index is 0.00150. The molecule has 2 heterocycles. The van der Waals surface area contributed by atoms with Crippen molar-refractivity contribution in [2.24, 2.45) is 17.3 Å². The fourth-order valence-electron chi connectivity index (χ4n) is 4.14. The minimum atomic E-state index is -0.881. The maximum Gasteiger partial charge on any atom is 0.304 e. The Morgan fingerprint density at radius 3 is 2.37 bits per heavy atom. The fourth-order valence-corrected chi connectivity index (χ4v) is 4.14. The zero-order chi connectivity index (χ0) is 14.4. The number of fused-ring (bicyclic) bond motifs is 1. The lowest BCUT2D eigenvalue weighted by Crippen LogP contribution is -2.51. The number of aliphatic carboxylic acids is 1. The fraction of sp³-hybridized carbons (Fsp3) is 0.867. The summed E-state index contributed by atoms with van der Waals surface area (Å²) >= 11 is 0. The summed E-state index contributed by atoms with van der Waals surface area (Å²) < 4.78 is 0. The Hall–Kier alpha value is -1.06. The van der Waals surface area contributed by atoms with Gasteiger partial charge in [-0.15, -0.1) is 0 Å². The van der Waals surface area contributed by atoms with Crippen LogP contribution in [0.5, 0.6) is 0 Å². The second kappa shape index (κ2) is 4.50. The summed E-state index contributed by atoms with van der Waals surface area (Å²) in [5, 5.41) is 9.12. The normalized spacial score (nSPS) is 32.1. The van der Waals surface area contributed by atoms with Gasteiger partial charge in [-0.25, -0.2) is 0 Å². The molecule has 1 atom stereocenters. The van der Waals surface area contributed by atoms with Crippen LogP contribution in [-0.2, 0) is 9.59 Å². The molecule has 4 heteroatoms. The molecule has 19 heavy (non-hydrogen) atoms. The molecule has 4 nitrogen and oxygen atoms in total. The third-order valence-corrected chi connectivity index (χ3v) is 4.71. The van der Waals surface area contributed by atoms with Crippen molar-refractivity contribution in [3.8, 4) is 0 Å². The molecule has 0 aromatic carbocycles. The van der Waals surface area contributed by atoms with Crippen LogP contribution in [0.1, 0.15) is 53.4 Å². The summed E-state index contributed by atoms with van der Waals surface area (Å²) in [5.41, 5.74) is -0.765. The van der Waals surface area contributed by atoms with Gasteiger partial charge in [-0.3, -0.25) is 9.59 Å². The number of nitrogens with zero attached hydrogens (tertiary/aromatic N) is 1. The average molecular weight is 267 g/mol. The smallest absolute Gasteiger partial charge is 0.304 e. The SMILES string of the molecule is CC(C)CC(C)(CC(=O)O)C(=O)N1CC2CC1(C)C2. The van der Waals surface area contributed by atoms with Gasteiger partial charge in [0.2, 0.25) is 5.91 Å². The van der Waals surface area contributed by atoms with Crippen molar-refractivity contribution in [3.63, 3.8) is 0 Å². The number of carboxylic acid groups (broad SMARTS) is 1. The lowest BCUT2D eigenvalue weighted by molar-refractivity contribution is -0.153. The molecule has 3 rings (SSSR count). The second-order valence-corrected chi connectivity index (χ2v) is 7.42. The van der Waals surface area contributed by atoms with Crippen LogP contribution in [0.15, 0.2) is 0 Å². The molecule has 0 aromatic rings. The molecule has 3 aliphatic rings. The van der Waals surface area contributed by atoms with Gasteiger partial charge in [0.15, 0.2) is 0 Å². The van der Waals surface area contributed by atoms with Crippen LogP contribution in [0.3, 0.4) is 0 Å². The Morgan fingerprint density at radius 1 is 1.42 bits per heavy atom. The monoisotopic (exact) mass is 267 g/mol. The lowest BCUT2D eigenvalue weighted by atomic mass is 9.73.